The third kappa shape index (κ3) is 5.62. The van der Waals surface area contributed by atoms with E-state index in [2.05, 4.69) is 31.3 Å². The number of hydrogen-bond acceptors (Lipinski definition) is 3. The Morgan fingerprint density at radius 2 is 1.89 bits per heavy atom. The smallest absolute Gasteiger partial charge is 0.122 e. The highest BCUT2D eigenvalue weighted by Crippen LogP contribution is 2.20. The number of para-hydroxylation sites is 1. The standard InChI is InChI=1S/C16H27NO2/c1-5-17-15(11-10-13(2)18-3)12-14-8-6-7-9-16(14)19-4/h6-9,13,15,17H,5,10-12H2,1-4H3. The van der Waals surface area contributed by atoms with Gasteiger partial charge in [-0.3, -0.25) is 0 Å². The summed E-state index contributed by atoms with van der Waals surface area (Å²) in [7, 11) is 3.50. The highest BCUT2D eigenvalue weighted by atomic mass is 16.5. The fourth-order valence-electron chi connectivity index (χ4n) is 2.26. The van der Waals surface area contributed by atoms with Crippen molar-refractivity contribution in [3.8, 4) is 5.75 Å². The van der Waals surface area contributed by atoms with Gasteiger partial charge in [0.15, 0.2) is 0 Å². The zero-order valence-corrected chi connectivity index (χ0v) is 12.6. The second-order valence-electron chi connectivity index (χ2n) is 4.89. The zero-order chi connectivity index (χ0) is 14.1. The second kappa shape index (κ2) is 8.94. The van der Waals surface area contributed by atoms with Gasteiger partial charge in [0, 0.05) is 13.2 Å². The number of hydrogen-bond donors (Lipinski definition) is 1. The average Bonchev–Trinajstić information content (AvgIpc) is 2.45. The predicted octanol–water partition coefficient (Wildman–Crippen LogP) is 3.03. The van der Waals surface area contributed by atoms with E-state index in [0.717, 1.165) is 31.6 Å². The van der Waals surface area contributed by atoms with E-state index < -0.39 is 0 Å². The predicted molar refractivity (Wildman–Crippen MR) is 79.9 cm³/mol. The van der Waals surface area contributed by atoms with Gasteiger partial charge in [-0.1, -0.05) is 25.1 Å². The summed E-state index contributed by atoms with van der Waals surface area (Å²) in [4.78, 5) is 0. The van der Waals surface area contributed by atoms with Crippen molar-refractivity contribution in [3.63, 3.8) is 0 Å². The lowest BCUT2D eigenvalue weighted by Crippen LogP contribution is -2.32. The summed E-state index contributed by atoms with van der Waals surface area (Å²) in [6.45, 7) is 5.25. The lowest BCUT2D eigenvalue weighted by molar-refractivity contribution is 0.106. The normalized spacial score (nSPS) is 14.1. The van der Waals surface area contributed by atoms with Crippen LogP contribution in [0.2, 0.25) is 0 Å². The summed E-state index contributed by atoms with van der Waals surface area (Å²) in [6, 6.07) is 8.72. The molecule has 3 nitrogen and oxygen atoms in total. The minimum atomic E-state index is 0.318. The van der Waals surface area contributed by atoms with E-state index in [-0.39, 0.29) is 0 Å². The maximum absolute atomic E-state index is 5.42. The van der Waals surface area contributed by atoms with Crippen molar-refractivity contribution in [2.24, 2.45) is 0 Å². The van der Waals surface area contributed by atoms with Crippen molar-refractivity contribution in [3.05, 3.63) is 29.8 Å². The third-order valence-electron chi connectivity index (χ3n) is 3.48. The molecule has 3 heteroatoms. The maximum atomic E-state index is 5.42. The Labute approximate surface area is 117 Å². The molecule has 0 aliphatic carbocycles. The van der Waals surface area contributed by atoms with Crippen LogP contribution in [-0.4, -0.2) is 32.9 Å². The fourth-order valence-corrected chi connectivity index (χ4v) is 2.26. The van der Waals surface area contributed by atoms with Crippen molar-refractivity contribution in [1.82, 2.24) is 5.32 Å². The van der Waals surface area contributed by atoms with E-state index in [1.54, 1.807) is 14.2 Å². The summed E-state index contributed by atoms with van der Waals surface area (Å²) >= 11 is 0. The van der Waals surface area contributed by atoms with E-state index in [9.17, 15) is 0 Å². The molecule has 1 aromatic carbocycles. The Hall–Kier alpha value is -1.06. The zero-order valence-electron chi connectivity index (χ0n) is 12.6. The first-order chi connectivity index (χ1) is 9.21. The summed E-state index contributed by atoms with van der Waals surface area (Å²) in [5.41, 5.74) is 1.26. The van der Waals surface area contributed by atoms with Gasteiger partial charge in [0.05, 0.1) is 13.2 Å². The van der Waals surface area contributed by atoms with E-state index in [4.69, 9.17) is 9.47 Å². The number of rotatable bonds is 9. The topological polar surface area (TPSA) is 30.5 Å². The van der Waals surface area contributed by atoms with Crippen LogP contribution in [0.15, 0.2) is 24.3 Å². The molecule has 0 fully saturated rings. The molecule has 108 valence electrons. The Kier molecular flexibility index (Phi) is 7.53. The number of nitrogens with one attached hydrogen (secondary N) is 1. The summed E-state index contributed by atoms with van der Waals surface area (Å²) in [5.74, 6) is 0.977. The first-order valence-electron chi connectivity index (χ1n) is 7.09. The number of benzene rings is 1. The van der Waals surface area contributed by atoms with E-state index in [1.165, 1.54) is 5.56 Å². The number of methoxy groups -OCH3 is 2. The molecule has 0 saturated heterocycles. The third-order valence-corrected chi connectivity index (χ3v) is 3.48. The Morgan fingerprint density at radius 1 is 1.16 bits per heavy atom. The molecule has 2 unspecified atom stereocenters. The van der Waals surface area contributed by atoms with Gasteiger partial charge < -0.3 is 14.8 Å². The summed E-state index contributed by atoms with van der Waals surface area (Å²) in [5, 5.41) is 3.55. The highest BCUT2D eigenvalue weighted by Gasteiger charge is 2.13. The molecule has 0 aliphatic heterocycles. The molecule has 0 amide bonds. The minimum absolute atomic E-state index is 0.318. The van der Waals surface area contributed by atoms with Crippen LogP contribution in [0.5, 0.6) is 5.75 Å². The molecule has 1 rings (SSSR count). The molecule has 2 atom stereocenters. The van der Waals surface area contributed by atoms with Crippen LogP contribution in [0.1, 0.15) is 32.3 Å². The second-order valence-corrected chi connectivity index (χ2v) is 4.89. The van der Waals surface area contributed by atoms with Crippen molar-refractivity contribution in [2.45, 2.75) is 45.3 Å². The Morgan fingerprint density at radius 3 is 2.53 bits per heavy atom. The van der Waals surface area contributed by atoms with Gasteiger partial charge in [-0.05, 0) is 44.4 Å². The van der Waals surface area contributed by atoms with Crippen LogP contribution in [0, 0.1) is 0 Å². The number of likely N-dealkylation sites (N-methyl/N-ethyl adjacent to an activating group) is 1. The summed E-state index contributed by atoms with van der Waals surface area (Å²) < 4.78 is 10.7. The van der Waals surface area contributed by atoms with Gasteiger partial charge in [0.2, 0.25) is 0 Å². The molecular weight excluding hydrogens is 238 g/mol. The molecule has 0 saturated carbocycles. The van der Waals surface area contributed by atoms with Gasteiger partial charge in [-0.15, -0.1) is 0 Å². The van der Waals surface area contributed by atoms with Gasteiger partial charge in [0.1, 0.15) is 5.75 Å². The van der Waals surface area contributed by atoms with Crippen molar-refractivity contribution in [1.29, 1.82) is 0 Å². The molecule has 1 aromatic rings. The van der Waals surface area contributed by atoms with Crippen LogP contribution < -0.4 is 10.1 Å². The van der Waals surface area contributed by atoms with Crippen molar-refractivity contribution < 1.29 is 9.47 Å². The molecule has 0 bridgehead atoms. The summed E-state index contributed by atoms with van der Waals surface area (Å²) in [6.07, 6.45) is 3.50. The Bertz CT molecular complexity index is 354. The molecule has 19 heavy (non-hydrogen) atoms. The van der Waals surface area contributed by atoms with Crippen LogP contribution >= 0.6 is 0 Å². The molecule has 0 aliphatic rings. The van der Waals surface area contributed by atoms with Gasteiger partial charge >= 0.3 is 0 Å². The highest BCUT2D eigenvalue weighted by molar-refractivity contribution is 5.33. The van der Waals surface area contributed by atoms with Gasteiger partial charge in [-0.2, -0.15) is 0 Å². The largest absolute Gasteiger partial charge is 0.496 e. The lowest BCUT2D eigenvalue weighted by atomic mass is 9.99. The molecule has 0 spiro atoms. The maximum Gasteiger partial charge on any atom is 0.122 e. The quantitative estimate of drug-likeness (QED) is 0.744. The molecule has 1 N–H and O–H groups in total. The van der Waals surface area contributed by atoms with Crippen LogP contribution in [0.3, 0.4) is 0 Å². The van der Waals surface area contributed by atoms with E-state index in [0.29, 0.717) is 12.1 Å². The molecule has 0 radical (unpaired) electrons. The fraction of sp³-hybridized carbons (Fsp3) is 0.625. The van der Waals surface area contributed by atoms with Gasteiger partial charge in [0.25, 0.3) is 0 Å². The molecule has 0 heterocycles. The molecule has 0 aromatic heterocycles. The first kappa shape index (κ1) is 16.0. The average molecular weight is 265 g/mol. The monoisotopic (exact) mass is 265 g/mol. The van der Waals surface area contributed by atoms with Crippen LogP contribution in [0.4, 0.5) is 0 Å². The minimum Gasteiger partial charge on any atom is -0.496 e. The van der Waals surface area contributed by atoms with Crippen LogP contribution in [-0.2, 0) is 11.2 Å². The molecular formula is C16H27NO2. The van der Waals surface area contributed by atoms with Crippen molar-refractivity contribution >= 4 is 0 Å². The Balaban J connectivity index is 2.61. The lowest BCUT2D eigenvalue weighted by Gasteiger charge is -2.20. The van der Waals surface area contributed by atoms with E-state index in [1.807, 2.05) is 12.1 Å². The van der Waals surface area contributed by atoms with E-state index >= 15 is 0 Å². The first-order valence-corrected chi connectivity index (χ1v) is 7.09. The van der Waals surface area contributed by atoms with Crippen molar-refractivity contribution in [2.75, 3.05) is 20.8 Å². The van der Waals surface area contributed by atoms with Crippen LogP contribution in [0.25, 0.3) is 0 Å². The van der Waals surface area contributed by atoms with Gasteiger partial charge in [-0.25, -0.2) is 0 Å². The SMILES string of the molecule is CCNC(CCC(C)OC)Cc1ccccc1OC. The number of ether oxygens (including phenoxy) is 2.